The van der Waals surface area contributed by atoms with E-state index >= 15 is 0 Å². The van der Waals surface area contributed by atoms with Crippen LogP contribution in [0.15, 0.2) is 53.6 Å². The van der Waals surface area contributed by atoms with Crippen molar-refractivity contribution in [3.63, 3.8) is 0 Å². The van der Waals surface area contributed by atoms with Crippen LogP contribution in [0.2, 0.25) is 0 Å². The molecule has 1 aromatic rings. The van der Waals surface area contributed by atoms with Gasteiger partial charge < -0.3 is 31.6 Å². The van der Waals surface area contributed by atoms with Gasteiger partial charge in [-0.15, -0.1) is 0 Å². The fourth-order valence-electron chi connectivity index (χ4n) is 2.65. The Balaban J connectivity index is 2.31. The quantitative estimate of drug-likeness (QED) is 0.369. The summed E-state index contributed by atoms with van der Waals surface area (Å²) in [6.45, 7) is 0.0210. The predicted octanol–water partition coefficient (Wildman–Crippen LogP) is 0.916. The van der Waals surface area contributed by atoms with Crippen molar-refractivity contribution in [3.05, 3.63) is 64.8 Å². The number of nitrogens with one attached hydrogen (secondary N) is 3. The fraction of sp³-hybridized carbons (Fsp3) is 0.300. The van der Waals surface area contributed by atoms with Crippen LogP contribution in [-0.4, -0.2) is 46.8 Å². The van der Waals surface area contributed by atoms with E-state index in [-0.39, 0.29) is 28.3 Å². The zero-order chi connectivity index (χ0) is 24.1. The molecular formula is C20H22F3N5O4. The van der Waals surface area contributed by atoms with E-state index < -0.39 is 42.4 Å². The average Bonchev–Trinajstić information content (AvgIpc) is 2.73. The molecule has 0 saturated carbocycles. The Morgan fingerprint density at radius 2 is 2.00 bits per heavy atom. The lowest BCUT2D eigenvalue weighted by Crippen LogP contribution is -2.58. The van der Waals surface area contributed by atoms with Crippen molar-refractivity contribution in [2.75, 3.05) is 13.7 Å². The molecule has 0 fully saturated rings. The molecule has 0 aliphatic heterocycles. The van der Waals surface area contributed by atoms with Crippen molar-refractivity contribution in [1.82, 2.24) is 15.6 Å². The summed E-state index contributed by atoms with van der Waals surface area (Å²) in [5.74, 6) is -1.71. The lowest BCUT2D eigenvalue weighted by molar-refractivity contribution is -0.142. The Bertz CT molecular complexity index is 1020. The summed E-state index contributed by atoms with van der Waals surface area (Å²) >= 11 is 0. The zero-order valence-corrected chi connectivity index (χ0v) is 17.2. The Kier molecular flexibility index (Phi) is 7.41. The van der Waals surface area contributed by atoms with Gasteiger partial charge in [0.15, 0.2) is 5.69 Å². The molecule has 1 aliphatic rings. The molecule has 1 aliphatic carbocycles. The number of pyridine rings is 1. The summed E-state index contributed by atoms with van der Waals surface area (Å²) in [5.41, 5.74) is 2.02. The second-order valence-corrected chi connectivity index (χ2v) is 6.94. The highest BCUT2D eigenvalue weighted by Crippen LogP contribution is 2.31. The number of likely N-dealkylation sites (N-methyl/N-ethyl adjacent to an activating group) is 1. The molecule has 6 N–H and O–H groups in total. The number of aromatic nitrogens is 1. The first kappa shape index (κ1) is 24.6. The largest absolute Gasteiger partial charge is 0.489 e. The fourth-order valence-corrected chi connectivity index (χ4v) is 2.65. The highest BCUT2D eigenvalue weighted by Gasteiger charge is 2.35. The number of nitrogens with zero attached hydrogens (tertiary/aromatic N) is 1. The van der Waals surface area contributed by atoms with Gasteiger partial charge in [-0.2, -0.15) is 13.2 Å². The minimum absolute atomic E-state index is 0.0505. The molecule has 172 valence electrons. The zero-order valence-electron chi connectivity index (χ0n) is 17.2. The summed E-state index contributed by atoms with van der Waals surface area (Å²) in [5, 5.41) is 22.4. The molecule has 32 heavy (non-hydrogen) atoms. The molecular weight excluding hydrogens is 431 g/mol. The molecule has 12 heteroatoms. The van der Waals surface area contributed by atoms with Crippen molar-refractivity contribution in [3.8, 4) is 0 Å². The number of halogens is 3. The molecule has 0 bridgehead atoms. The van der Waals surface area contributed by atoms with E-state index in [0.717, 1.165) is 6.20 Å². The number of hydrogen-bond donors (Lipinski definition) is 5. The van der Waals surface area contributed by atoms with Crippen LogP contribution in [0.3, 0.4) is 0 Å². The normalized spacial score (nSPS) is 17.2. The number of hydrogen-bond acceptors (Lipinski definition) is 7. The van der Waals surface area contributed by atoms with E-state index in [1.54, 1.807) is 0 Å². The minimum Gasteiger partial charge on any atom is -0.489 e. The second kappa shape index (κ2) is 9.64. The summed E-state index contributed by atoms with van der Waals surface area (Å²) in [6.07, 6.45) is 0.321. The average molecular weight is 453 g/mol. The first-order valence-corrected chi connectivity index (χ1v) is 9.21. The van der Waals surface area contributed by atoms with E-state index in [9.17, 15) is 27.9 Å². The van der Waals surface area contributed by atoms with E-state index in [1.807, 2.05) is 0 Å². The van der Waals surface area contributed by atoms with Crippen LogP contribution in [0.4, 0.5) is 13.2 Å². The molecule has 1 atom stereocenters. The number of aliphatic hydroxyl groups is 1. The van der Waals surface area contributed by atoms with Crippen molar-refractivity contribution in [1.29, 1.82) is 5.41 Å². The Morgan fingerprint density at radius 1 is 1.31 bits per heavy atom. The Morgan fingerprint density at radius 3 is 2.56 bits per heavy atom. The highest BCUT2D eigenvalue weighted by atomic mass is 19.4. The maximum absolute atomic E-state index is 13.1. The maximum Gasteiger partial charge on any atom is 0.433 e. The van der Waals surface area contributed by atoms with Crippen molar-refractivity contribution < 1.29 is 32.6 Å². The molecule has 0 aromatic carbocycles. The number of ether oxygens (including phenoxy) is 1. The SMILES string of the molecule is CN/C(C(=O)NC(C)(CO)C(N)=O)=C1/C=C(OCc2cccnc2C(F)(F)F)C=CC1=N. The van der Waals surface area contributed by atoms with Crippen molar-refractivity contribution >= 4 is 17.5 Å². The molecule has 1 aromatic heterocycles. The van der Waals surface area contributed by atoms with Gasteiger partial charge in [-0.1, -0.05) is 6.07 Å². The number of primary amides is 1. The maximum atomic E-state index is 13.1. The van der Waals surface area contributed by atoms with Crippen LogP contribution in [0.25, 0.3) is 0 Å². The van der Waals surface area contributed by atoms with Crippen molar-refractivity contribution in [2.45, 2.75) is 25.2 Å². The molecule has 0 radical (unpaired) electrons. The number of carbonyl (C=O) groups is 2. The van der Waals surface area contributed by atoms with Crippen molar-refractivity contribution in [2.24, 2.45) is 5.73 Å². The van der Waals surface area contributed by atoms with Gasteiger partial charge in [0.2, 0.25) is 5.91 Å². The smallest absolute Gasteiger partial charge is 0.433 e. The van der Waals surface area contributed by atoms with Crippen LogP contribution in [0.5, 0.6) is 0 Å². The monoisotopic (exact) mass is 453 g/mol. The third-order valence-corrected chi connectivity index (χ3v) is 4.54. The van der Waals surface area contributed by atoms with E-state index in [4.69, 9.17) is 15.9 Å². The number of nitrogens with two attached hydrogens (primary N) is 1. The molecule has 0 saturated heterocycles. The van der Waals surface area contributed by atoms with Crippen LogP contribution in [0.1, 0.15) is 18.2 Å². The molecule has 2 amide bonds. The van der Waals surface area contributed by atoms with E-state index in [1.165, 1.54) is 44.3 Å². The van der Waals surface area contributed by atoms with Gasteiger partial charge >= 0.3 is 6.18 Å². The first-order valence-electron chi connectivity index (χ1n) is 9.21. The number of carbonyl (C=O) groups excluding carboxylic acids is 2. The molecule has 1 unspecified atom stereocenters. The van der Waals surface area contributed by atoms with Gasteiger partial charge in [-0.3, -0.25) is 14.6 Å². The third kappa shape index (κ3) is 5.52. The van der Waals surface area contributed by atoms with Crippen LogP contribution >= 0.6 is 0 Å². The summed E-state index contributed by atoms with van der Waals surface area (Å²) in [7, 11) is 1.40. The predicted molar refractivity (Wildman–Crippen MR) is 108 cm³/mol. The van der Waals surface area contributed by atoms with Crippen LogP contribution < -0.4 is 16.4 Å². The van der Waals surface area contributed by atoms with Gasteiger partial charge in [0.05, 0.1) is 12.3 Å². The molecule has 2 rings (SSSR count). The minimum atomic E-state index is -4.65. The van der Waals surface area contributed by atoms with E-state index in [2.05, 4.69) is 15.6 Å². The number of rotatable bonds is 8. The Labute approximate surface area is 181 Å². The van der Waals surface area contributed by atoms with Gasteiger partial charge in [0, 0.05) is 24.4 Å². The third-order valence-electron chi connectivity index (χ3n) is 4.54. The highest BCUT2D eigenvalue weighted by molar-refractivity contribution is 6.15. The molecule has 0 spiro atoms. The number of allylic oxidation sites excluding steroid dienone is 4. The van der Waals surface area contributed by atoms with E-state index in [0.29, 0.717) is 0 Å². The second-order valence-electron chi connectivity index (χ2n) is 6.94. The van der Waals surface area contributed by atoms with Gasteiger partial charge in [0.1, 0.15) is 23.6 Å². The van der Waals surface area contributed by atoms with Gasteiger partial charge in [-0.25, -0.2) is 0 Å². The summed E-state index contributed by atoms with van der Waals surface area (Å²) in [6, 6.07) is 2.58. The van der Waals surface area contributed by atoms with Gasteiger partial charge in [-0.05, 0) is 31.2 Å². The number of amides is 2. The number of alkyl halides is 3. The summed E-state index contributed by atoms with van der Waals surface area (Å²) < 4.78 is 44.8. The number of aliphatic hydroxyl groups excluding tert-OH is 1. The first-order chi connectivity index (χ1) is 14.9. The lowest BCUT2D eigenvalue weighted by atomic mass is 9.99. The molecule has 9 nitrogen and oxygen atoms in total. The van der Waals surface area contributed by atoms with Crippen LogP contribution in [0, 0.1) is 5.41 Å². The Hall–Kier alpha value is -3.67. The van der Waals surface area contributed by atoms with Gasteiger partial charge in [0.25, 0.3) is 5.91 Å². The lowest BCUT2D eigenvalue weighted by Gasteiger charge is -2.26. The summed E-state index contributed by atoms with van der Waals surface area (Å²) in [4.78, 5) is 27.6. The standard InChI is InChI=1S/C20H22F3N5O4/c1-19(10-29,18(25)31)28-17(30)15(26-2)13-8-12(5-6-14(13)24)32-9-11-4-3-7-27-16(11)20(21,22)23/h3-8,24,26,29H,9-10H2,1-2H3,(H2,25,31)(H,28,30)/b15-13-,24-14?. The van der Waals surface area contributed by atoms with Crippen LogP contribution in [-0.2, 0) is 27.1 Å². The topological polar surface area (TPSA) is 150 Å². The molecule has 1 heterocycles.